The first-order valence-electron chi connectivity index (χ1n) is 6.86. The lowest BCUT2D eigenvalue weighted by atomic mass is 10.1. The molecule has 0 radical (unpaired) electrons. The molecule has 2 aromatic heterocycles. The van der Waals surface area contributed by atoms with Gasteiger partial charge in [0.05, 0.1) is 5.38 Å². The summed E-state index contributed by atoms with van der Waals surface area (Å²) in [6, 6.07) is 2.00. The van der Waals surface area contributed by atoms with E-state index in [0.717, 1.165) is 29.1 Å². The predicted molar refractivity (Wildman–Crippen MR) is 78.4 cm³/mol. The van der Waals surface area contributed by atoms with E-state index in [4.69, 9.17) is 16.6 Å². The maximum Gasteiger partial charge on any atom is 0.160 e. The molecule has 1 aliphatic rings. The van der Waals surface area contributed by atoms with Gasteiger partial charge in [-0.3, -0.25) is 0 Å². The molecule has 3 nitrogen and oxygen atoms in total. The van der Waals surface area contributed by atoms with Gasteiger partial charge in [-0.05, 0) is 43.2 Å². The fourth-order valence-corrected chi connectivity index (χ4v) is 2.91. The van der Waals surface area contributed by atoms with Crippen LogP contribution in [-0.2, 0) is 6.54 Å². The second-order valence-electron chi connectivity index (χ2n) is 6.39. The lowest BCUT2D eigenvalue weighted by molar-refractivity contribution is 0.494. The number of nitrogens with zero attached hydrogens (tertiary/aromatic N) is 3. The molecule has 4 heteroatoms. The van der Waals surface area contributed by atoms with Crippen LogP contribution in [0.25, 0.3) is 11.2 Å². The quantitative estimate of drug-likeness (QED) is 0.791. The van der Waals surface area contributed by atoms with E-state index in [0.29, 0.717) is 11.3 Å². The molecule has 0 amide bonds. The zero-order valence-electron chi connectivity index (χ0n) is 11.9. The lowest BCUT2D eigenvalue weighted by Gasteiger charge is -2.11. The smallest absolute Gasteiger partial charge is 0.160 e. The molecule has 2 aromatic rings. The van der Waals surface area contributed by atoms with Crippen molar-refractivity contribution >= 4 is 22.8 Å². The van der Waals surface area contributed by atoms with Gasteiger partial charge < -0.3 is 4.57 Å². The Morgan fingerprint density at radius 1 is 1.53 bits per heavy atom. The highest BCUT2D eigenvalue weighted by Gasteiger charge is 2.46. The zero-order valence-corrected chi connectivity index (χ0v) is 12.7. The molecule has 1 fully saturated rings. The molecule has 19 heavy (non-hydrogen) atoms. The van der Waals surface area contributed by atoms with Crippen LogP contribution in [0.5, 0.6) is 0 Å². The second-order valence-corrected chi connectivity index (χ2v) is 7.04. The number of imidazole rings is 1. The van der Waals surface area contributed by atoms with Crippen molar-refractivity contribution in [3.63, 3.8) is 0 Å². The molecule has 2 atom stereocenters. The Morgan fingerprint density at radius 2 is 2.21 bits per heavy atom. The third-order valence-electron chi connectivity index (χ3n) is 4.34. The van der Waals surface area contributed by atoms with Gasteiger partial charge in [-0.15, -0.1) is 11.6 Å². The minimum atomic E-state index is -0.0875. The van der Waals surface area contributed by atoms with Gasteiger partial charge in [0.2, 0.25) is 0 Å². The number of pyridine rings is 1. The fraction of sp³-hybridized carbons (Fsp3) is 0.600. The normalized spacial score (nSPS) is 22.7. The van der Waals surface area contributed by atoms with Crippen LogP contribution < -0.4 is 0 Å². The summed E-state index contributed by atoms with van der Waals surface area (Å²) >= 11 is 6.30. The van der Waals surface area contributed by atoms with Crippen LogP contribution >= 0.6 is 11.6 Å². The van der Waals surface area contributed by atoms with Crippen LogP contribution in [0.3, 0.4) is 0 Å². The van der Waals surface area contributed by atoms with Crippen molar-refractivity contribution in [3.05, 3.63) is 23.7 Å². The van der Waals surface area contributed by atoms with Crippen molar-refractivity contribution < 1.29 is 0 Å². The summed E-state index contributed by atoms with van der Waals surface area (Å²) in [7, 11) is 0. The number of fused-ring (bicyclic) bond motifs is 1. The average Bonchev–Trinajstić information content (AvgIpc) is 2.76. The van der Waals surface area contributed by atoms with E-state index < -0.39 is 0 Å². The van der Waals surface area contributed by atoms with Gasteiger partial charge in [0.1, 0.15) is 11.3 Å². The molecule has 3 rings (SSSR count). The topological polar surface area (TPSA) is 30.7 Å². The Balaban J connectivity index is 2.09. The summed E-state index contributed by atoms with van der Waals surface area (Å²) in [6.45, 7) is 9.67. The molecule has 102 valence electrons. The minimum absolute atomic E-state index is 0.0875. The van der Waals surface area contributed by atoms with Crippen LogP contribution in [0, 0.1) is 18.3 Å². The first-order chi connectivity index (χ1) is 8.90. The largest absolute Gasteiger partial charge is 0.311 e. The van der Waals surface area contributed by atoms with Crippen molar-refractivity contribution in [1.82, 2.24) is 14.5 Å². The van der Waals surface area contributed by atoms with Gasteiger partial charge in [0.15, 0.2) is 5.65 Å². The van der Waals surface area contributed by atoms with E-state index in [-0.39, 0.29) is 5.38 Å². The molecule has 0 aliphatic heterocycles. The van der Waals surface area contributed by atoms with Gasteiger partial charge >= 0.3 is 0 Å². The van der Waals surface area contributed by atoms with E-state index in [1.54, 1.807) is 0 Å². The van der Waals surface area contributed by atoms with Crippen molar-refractivity contribution in [1.29, 1.82) is 0 Å². The molecule has 0 spiro atoms. The number of halogens is 1. The monoisotopic (exact) mass is 277 g/mol. The summed E-state index contributed by atoms with van der Waals surface area (Å²) in [6.07, 6.45) is 3.13. The maximum absolute atomic E-state index is 6.30. The highest BCUT2D eigenvalue weighted by atomic mass is 35.5. The lowest BCUT2D eigenvalue weighted by Crippen LogP contribution is -2.09. The van der Waals surface area contributed by atoms with E-state index in [1.807, 2.05) is 19.2 Å². The number of hydrogen-bond donors (Lipinski definition) is 0. The van der Waals surface area contributed by atoms with Crippen LogP contribution in [0.2, 0.25) is 0 Å². The van der Waals surface area contributed by atoms with Gasteiger partial charge in [0, 0.05) is 12.7 Å². The molecule has 2 unspecified atom stereocenters. The Morgan fingerprint density at radius 3 is 2.79 bits per heavy atom. The molecule has 2 heterocycles. The third kappa shape index (κ3) is 2.14. The molecular weight excluding hydrogens is 258 g/mol. The summed E-state index contributed by atoms with van der Waals surface area (Å²) < 4.78 is 2.22. The summed E-state index contributed by atoms with van der Waals surface area (Å²) in [5, 5.41) is -0.0875. The molecule has 1 aliphatic carbocycles. The Bertz CT molecular complexity index is 628. The minimum Gasteiger partial charge on any atom is -0.311 e. The van der Waals surface area contributed by atoms with E-state index in [1.165, 1.54) is 6.42 Å². The molecule has 0 aromatic carbocycles. The van der Waals surface area contributed by atoms with Gasteiger partial charge in [0.25, 0.3) is 0 Å². The highest BCUT2D eigenvalue weighted by molar-refractivity contribution is 6.20. The first kappa shape index (κ1) is 12.9. The second kappa shape index (κ2) is 4.20. The van der Waals surface area contributed by atoms with E-state index >= 15 is 0 Å². The standard InChI is InChI=1S/C15H20ClN3/c1-9-5-6-17-14-12(9)18-13(10(2)16)19(14)8-11-7-15(11,3)4/h5-6,10-11H,7-8H2,1-4H3. The molecule has 1 saturated carbocycles. The highest BCUT2D eigenvalue weighted by Crippen LogP contribution is 2.52. The van der Waals surface area contributed by atoms with Crippen molar-refractivity contribution in [2.24, 2.45) is 11.3 Å². The number of rotatable bonds is 3. The third-order valence-corrected chi connectivity index (χ3v) is 4.54. The molecule has 0 N–H and O–H groups in total. The van der Waals surface area contributed by atoms with Crippen molar-refractivity contribution in [3.8, 4) is 0 Å². The summed E-state index contributed by atoms with van der Waals surface area (Å²) in [5.41, 5.74) is 3.58. The Kier molecular flexibility index (Phi) is 2.86. The van der Waals surface area contributed by atoms with E-state index in [9.17, 15) is 0 Å². The van der Waals surface area contributed by atoms with Crippen molar-refractivity contribution in [2.75, 3.05) is 0 Å². The van der Waals surface area contributed by atoms with Gasteiger partial charge in [-0.1, -0.05) is 13.8 Å². The fourth-order valence-electron chi connectivity index (χ4n) is 2.75. The Hall–Kier alpha value is -1.09. The number of alkyl halides is 1. The number of hydrogen-bond acceptors (Lipinski definition) is 2. The maximum atomic E-state index is 6.30. The Labute approximate surface area is 119 Å². The molecule has 0 bridgehead atoms. The summed E-state index contributed by atoms with van der Waals surface area (Å²) in [5.74, 6) is 1.66. The van der Waals surface area contributed by atoms with Gasteiger partial charge in [-0.25, -0.2) is 9.97 Å². The summed E-state index contributed by atoms with van der Waals surface area (Å²) in [4.78, 5) is 9.22. The van der Waals surface area contributed by atoms with Crippen LogP contribution in [0.4, 0.5) is 0 Å². The van der Waals surface area contributed by atoms with Crippen LogP contribution in [0.1, 0.15) is 44.0 Å². The van der Waals surface area contributed by atoms with Crippen LogP contribution in [0.15, 0.2) is 12.3 Å². The van der Waals surface area contributed by atoms with Crippen LogP contribution in [-0.4, -0.2) is 14.5 Å². The average molecular weight is 278 g/mol. The van der Waals surface area contributed by atoms with Gasteiger partial charge in [-0.2, -0.15) is 0 Å². The zero-order chi connectivity index (χ0) is 13.8. The SMILES string of the molecule is Cc1ccnc2c1nc(C(C)Cl)n2CC1CC1(C)C. The van der Waals surface area contributed by atoms with E-state index in [2.05, 4.69) is 30.3 Å². The molecular formula is C15H20ClN3. The number of aryl methyl sites for hydroxylation is 1. The predicted octanol–water partition coefficient (Wildman–Crippen LogP) is 4.09. The molecule has 0 saturated heterocycles. The first-order valence-corrected chi connectivity index (χ1v) is 7.29. The number of aromatic nitrogens is 3. The van der Waals surface area contributed by atoms with Crippen molar-refractivity contribution in [2.45, 2.75) is 46.0 Å².